The number of tetrazole rings is 1. The van der Waals surface area contributed by atoms with Crippen molar-refractivity contribution in [1.29, 1.82) is 5.26 Å². The molecule has 2 heterocycles. The van der Waals surface area contributed by atoms with Crippen LogP contribution in [0.4, 0.5) is 5.82 Å². The second-order valence-corrected chi connectivity index (χ2v) is 3.91. The molecule has 7 nitrogen and oxygen atoms in total. The molecule has 2 aromatic rings. The summed E-state index contributed by atoms with van der Waals surface area (Å²) in [5.41, 5.74) is 0.609. The van der Waals surface area contributed by atoms with Gasteiger partial charge in [0.05, 0.1) is 12.5 Å². The number of anilines is 1. The molecule has 0 N–H and O–H groups in total. The number of hydrogen-bond acceptors (Lipinski definition) is 6. The van der Waals surface area contributed by atoms with Gasteiger partial charge in [0.2, 0.25) is 0 Å². The minimum atomic E-state index is 0.268. The summed E-state index contributed by atoms with van der Waals surface area (Å²) in [6.45, 7) is 4.76. The standard InChI is InChI=1S/C10H13N7/c1-8(2)16(7-3-6-11)10-5-4-9-12-14-15-17(9)13-10/h4-5,8H,3,7H2,1-2H3. The van der Waals surface area contributed by atoms with E-state index in [2.05, 4.69) is 40.5 Å². The highest BCUT2D eigenvalue weighted by atomic mass is 15.6. The van der Waals surface area contributed by atoms with Crippen molar-refractivity contribution in [3.63, 3.8) is 0 Å². The lowest BCUT2D eigenvalue weighted by Crippen LogP contribution is -2.32. The van der Waals surface area contributed by atoms with Gasteiger partial charge in [0.25, 0.3) is 0 Å². The quantitative estimate of drug-likeness (QED) is 0.768. The van der Waals surface area contributed by atoms with E-state index in [0.717, 1.165) is 5.82 Å². The number of rotatable bonds is 4. The van der Waals surface area contributed by atoms with Crippen LogP contribution in [0, 0.1) is 11.3 Å². The SMILES string of the molecule is CC(C)N(CCC#N)c1ccc2nnnn2n1. The first kappa shape index (κ1) is 11.3. The summed E-state index contributed by atoms with van der Waals surface area (Å²) in [6.07, 6.45) is 0.466. The Morgan fingerprint density at radius 3 is 3.00 bits per heavy atom. The maximum absolute atomic E-state index is 8.65. The molecule has 0 fully saturated rings. The average Bonchev–Trinajstić information content (AvgIpc) is 2.76. The Hall–Kier alpha value is -2.23. The first-order chi connectivity index (χ1) is 8.22. The lowest BCUT2D eigenvalue weighted by molar-refractivity contribution is 0.651. The van der Waals surface area contributed by atoms with E-state index < -0.39 is 0 Å². The predicted octanol–water partition coefficient (Wildman–Crippen LogP) is 0.648. The topological polar surface area (TPSA) is 83.0 Å². The molecule has 0 spiro atoms. The van der Waals surface area contributed by atoms with E-state index in [-0.39, 0.29) is 6.04 Å². The van der Waals surface area contributed by atoms with Gasteiger partial charge >= 0.3 is 0 Å². The van der Waals surface area contributed by atoms with Gasteiger partial charge < -0.3 is 4.90 Å². The molecule has 0 saturated carbocycles. The number of hydrogen-bond donors (Lipinski definition) is 0. The van der Waals surface area contributed by atoms with Gasteiger partial charge in [0.15, 0.2) is 11.5 Å². The van der Waals surface area contributed by atoms with E-state index in [9.17, 15) is 0 Å². The third kappa shape index (κ3) is 2.30. The maximum Gasteiger partial charge on any atom is 0.200 e. The highest BCUT2D eigenvalue weighted by Gasteiger charge is 2.12. The number of aromatic nitrogens is 5. The van der Waals surface area contributed by atoms with Crippen LogP contribution >= 0.6 is 0 Å². The van der Waals surface area contributed by atoms with E-state index in [1.54, 1.807) is 0 Å². The third-order valence-electron chi connectivity index (χ3n) is 2.44. The minimum absolute atomic E-state index is 0.268. The summed E-state index contributed by atoms with van der Waals surface area (Å²) < 4.78 is 1.39. The molecule has 2 aromatic heterocycles. The van der Waals surface area contributed by atoms with Crippen molar-refractivity contribution >= 4 is 11.5 Å². The molecule has 0 amide bonds. The summed E-state index contributed by atoms with van der Waals surface area (Å²) in [5, 5.41) is 24.0. The van der Waals surface area contributed by atoms with Crippen LogP contribution in [0.25, 0.3) is 5.65 Å². The molecule has 17 heavy (non-hydrogen) atoms. The van der Waals surface area contributed by atoms with Crippen LogP contribution in [0.3, 0.4) is 0 Å². The lowest BCUT2D eigenvalue weighted by atomic mass is 10.3. The van der Waals surface area contributed by atoms with Crippen LogP contribution in [0.15, 0.2) is 12.1 Å². The highest BCUT2D eigenvalue weighted by molar-refractivity contribution is 5.44. The summed E-state index contributed by atoms with van der Waals surface area (Å²) >= 11 is 0. The van der Waals surface area contributed by atoms with Crippen LogP contribution < -0.4 is 4.90 Å². The Labute approximate surface area is 98.6 Å². The van der Waals surface area contributed by atoms with Crippen molar-refractivity contribution < 1.29 is 0 Å². The molecule has 0 aliphatic carbocycles. The molecule has 2 rings (SSSR count). The molecule has 88 valence electrons. The zero-order valence-corrected chi connectivity index (χ0v) is 9.78. The second-order valence-electron chi connectivity index (χ2n) is 3.91. The van der Waals surface area contributed by atoms with E-state index in [4.69, 9.17) is 5.26 Å². The Balaban J connectivity index is 2.31. The van der Waals surface area contributed by atoms with Crippen LogP contribution in [0.5, 0.6) is 0 Å². The fraction of sp³-hybridized carbons (Fsp3) is 0.500. The van der Waals surface area contributed by atoms with Gasteiger partial charge in [-0.15, -0.1) is 14.8 Å². The van der Waals surface area contributed by atoms with Gasteiger partial charge in [-0.2, -0.15) is 5.26 Å². The molecule has 0 atom stereocenters. The molecule has 0 aromatic carbocycles. The third-order valence-corrected chi connectivity index (χ3v) is 2.44. The Morgan fingerprint density at radius 2 is 2.29 bits per heavy atom. The van der Waals surface area contributed by atoms with Gasteiger partial charge in [-0.3, -0.25) is 0 Å². The first-order valence-electron chi connectivity index (χ1n) is 5.41. The van der Waals surface area contributed by atoms with Gasteiger partial charge in [-0.1, -0.05) is 0 Å². The largest absolute Gasteiger partial charge is 0.352 e. The smallest absolute Gasteiger partial charge is 0.200 e. The molecule has 0 saturated heterocycles. The van der Waals surface area contributed by atoms with Crippen molar-refractivity contribution in [3.05, 3.63) is 12.1 Å². The summed E-state index contributed by atoms with van der Waals surface area (Å²) in [5.74, 6) is 0.773. The van der Waals surface area contributed by atoms with Crippen LogP contribution in [-0.2, 0) is 0 Å². The van der Waals surface area contributed by atoms with Crippen molar-refractivity contribution in [2.45, 2.75) is 26.3 Å². The van der Waals surface area contributed by atoms with Crippen LogP contribution in [0.1, 0.15) is 20.3 Å². The zero-order valence-electron chi connectivity index (χ0n) is 9.78. The van der Waals surface area contributed by atoms with Crippen LogP contribution in [0.2, 0.25) is 0 Å². The minimum Gasteiger partial charge on any atom is -0.352 e. The Morgan fingerprint density at radius 1 is 1.47 bits per heavy atom. The fourth-order valence-electron chi connectivity index (χ4n) is 1.60. The molecule has 0 unspecified atom stereocenters. The highest BCUT2D eigenvalue weighted by Crippen LogP contribution is 2.14. The molecule has 0 radical (unpaired) electrons. The number of nitrogens with zero attached hydrogens (tertiary/aromatic N) is 7. The van der Waals surface area contributed by atoms with E-state index in [0.29, 0.717) is 18.6 Å². The van der Waals surface area contributed by atoms with Gasteiger partial charge in [0, 0.05) is 12.6 Å². The molecule has 0 aliphatic heterocycles. The second kappa shape index (κ2) is 4.74. The summed E-state index contributed by atoms with van der Waals surface area (Å²) in [6, 6.07) is 6.08. The van der Waals surface area contributed by atoms with Gasteiger partial charge in [-0.05, 0) is 36.4 Å². The first-order valence-corrected chi connectivity index (χ1v) is 5.41. The summed E-state index contributed by atoms with van der Waals surface area (Å²) in [7, 11) is 0. The lowest BCUT2D eigenvalue weighted by Gasteiger charge is -2.26. The van der Waals surface area contributed by atoms with E-state index in [1.165, 1.54) is 4.63 Å². The number of fused-ring (bicyclic) bond motifs is 1. The van der Waals surface area contributed by atoms with Crippen molar-refractivity contribution in [2.75, 3.05) is 11.4 Å². The normalized spacial score (nSPS) is 10.7. The zero-order chi connectivity index (χ0) is 12.3. The Kier molecular flexibility index (Phi) is 3.14. The molecular formula is C10H13N7. The van der Waals surface area contributed by atoms with Crippen LogP contribution in [-0.4, -0.2) is 37.8 Å². The van der Waals surface area contributed by atoms with Crippen molar-refractivity contribution in [3.8, 4) is 6.07 Å². The average molecular weight is 231 g/mol. The van der Waals surface area contributed by atoms with Gasteiger partial charge in [0.1, 0.15) is 0 Å². The van der Waals surface area contributed by atoms with Crippen molar-refractivity contribution in [2.24, 2.45) is 0 Å². The molecular weight excluding hydrogens is 218 g/mol. The number of nitriles is 1. The molecule has 0 aliphatic rings. The van der Waals surface area contributed by atoms with E-state index in [1.807, 2.05) is 17.0 Å². The molecule has 7 heteroatoms. The molecule has 0 bridgehead atoms. The fourth-order valence-corrected chi connectivity index (χ4v) is 1.60. The van der Waals surface area contributed by atoms with E-state index >= 15 is 0 Å². The van der Waals surface area contributed by atoms with Gasteiger partial charge in [-0.25, -0.2) is 0 Å². The van der Waals surface area contributed by atoms with Crippen molar-refractivity contribution in [1.82, 2.24) is 25.3 Å². The Bertz CT molecular complexity index is 539. The monoisotopic (exact) mass is 231 g/mol. The predicted molar refractivity (Wildman–Crippen MR) is 61.3 cm³/mol. The maximum atomic E-state index is 8.65. The summed E-state index contributed by atoms with van der Waals surface area (Å²) in [4.78, 5) is 2.05.